The van der Waals surface area contributed by atoms with Crippen molar-refractivity contribution in [2.45, 2.75) is 71.8 Å². The maximum atomic E-state index is 12.4. The first-order valence-corrected chi connectivity index (χ1v) is 7.66. The fourth-order valence-corrected chi connectivity index (χ4v) is 2.89. The minimum absolute atomic E-state index is 0.131. The second-order valence-electron chi connectivity index (χ2n) is 5.83. The third-order valence-corrected chi connectivity index (χ3v) is 4.07. The zero-order valence-corrected chi connectivity index (χ0v) is 12.3. The van der Waals surface area contributed by atoms with Gasteiger partial charge in [-0.2, -0.15) is 0 Å². The van der Waals surface area contributed by atoms with Crippen LogP contribution in [0.5, 0.6) is 0 Å². The first-order chi connectivity index (χ1) is 8.64. The lowest BCUT2D eigenvalue weighted by molar-refractivity contribution is -0.131. The van der Waals surface area contributed by atoms with Gasteiger partial charge in [-0.25, -0.2) is 0 Å². The van der Waals surface area contributed by atoms with E-state index in [9.17, 15) is 4.79 Å². The Hall–Kier alpha value is -0.570. The van der Waals surface area contributed by atoms with E-state index in [1.165, 1.54) is 19.3 Å². The van der Waals surface area contributed by atoms with E-state index in [4.69, 9.17) is 0 Å². The Balaban J connectivity index is 2.41. The lowest BCUT2D eigenvalue weighted by Gasteiger charge is -2.28. The molecule has 1 heterocycles. The van der Waals surface area contributed by atoms with E-state index in [0.717, 1.165) is 38.8 Å². The summed E-state index contributed by atoms with van der Waals surface area (Å²) in [5, 5.41) is 6.57. The molecule has 2 unspecified atom stereocenters. The monoisotopic (exact) mass is 254 g/mol. The van der Waals surface area contributed by atoms with Crippen LogP contribution in [0.25, 0.3) is 0 Å². The van der Waals surface area contributed by atoms with Gasteiger partial charge in [-0.15, -0.1) is 0 Å². The molecule has 0 aromatic rings. The summed E-state index contributed by atoms with van der Waals surface area (Å²) in [6, 6.07) is 0.318. The molecule has 106 valence electrons. The maximum absolute atomic E-state index is 12.4. The van der Waals surface area contributed by atoms with Crippen LogP contribution >= 0.6 is 0 Å². The van der Waals surface area contributed by atoms with Gasteiger partial charge in [0, 0.05) is 12.6 Å². The molecule has 18 heavy (non-hydrogen) atoms. The Labute approximate surface area is 112 Å². The van der Waals surface area contributed by atoms with Crippen LogP contribution in [0.3, 0.4) is 0 Å². The third-order valence-electron chi connectivity index (χ3n) is 4.07. The molecule has 0 spiro atoms. The van der Waals surface area contributed by atoms with Crippen LogP contribution < -0.4 is 10.6 Å². The van der Waals surface area contributed by atoms with Crippen LogP contribution in [-0.2, 0) is 4.79 Å². The van der Waals surface area contributed by atoms with Gasteiger partial charge >= 0.3 is 0 Å². The van der Waals surface area contributed by atoms with Crippen LogP contribution in [0.4, 0.5) is 0 Å². The van der Waals surface area contributed by atoms with Crippen molar-refractivity contribution in [1.29, 1.82) is 0 Å². The van der Waals surface area contributed by atoms with E-state index in [-0.39, 0.29) is 11.3 Å². The molecule has 2 N–H and O–H groups in total. The summed E-state index contributed by atoms with van der Waals surface area (Å²) in [7, 11) is 0. The molecule has 0 aliphatic carbocycles. The minimum atomic E-state index is -0.131. The number of hydrogen-bond donors (Lipinski definition) is 2. The molecule has 1 fully saturated rings. The van der Waals surface area contributed by atoms with E-state index in [1.807, 2.05) is 0 Å². The highest BCUT2D eigenvalue weighted by Crippen LogP contribution is 2.31. The SMILES string of the molecule is CCCCCC(C)NC(=O)C1(CCC)CCNC1. The molecule has 1 saturated heterocycles. The quantitative estimate of drug-likeness (QED) is 0.654. The molecule has 0 bridgehead atoms. The van der Waals surface area contributed by atoms with Crippen molar-refractivity contribution >= 4 is 5.91 Å². The molecule has 1 aliphatic rings. The fraction of sp³-hybridized carbons (Fsp3) is 0.933. The topological polar surface area (TPSA) is 41.1 Å². The average molecular weight is 254 g/mol. The molecule has 0 radical (unpaired) electrons. The highest BCUT2D eigenvalue weighted by atomic mass is 16.2. The Bertz CT molecular complexity index is 247. The molecule has 0 aromatic heterocycles. The Morgan fingerprint density at radius 2 is 2.11 bits per heavy atom. The predicted molar refractivity (Wildman–Crippen MR) is 76.6 cm³/mol. The highest BCUT2D eigenvalue weighted by molar-refractivity contribution is 5.83. The smallest absolute Gasteiger partial charge is 0.227 e. The van der Waals surface area contributed by atoms with Gasteiger partial charge in [0.2, 0.25) is 5.91 Å². The molecule has 1 aliphatic heterocycles. The van der Waals surface area contributed by atoms with E-state index in [0.29, 0.717) is 6.04 Å². The van der Waals surface area contributed by atoms with Crippen molar-refractivity contribution in [1.82, 2.24) is 10.6 Å². The molecule has 3 nitrogen and oxygen atoms in total. The lowest BCUT2D eigenvalue weighted by atomic mass is 9.81. The van der Waals surface area contributed by atoms with Gasteiger partial charge in [0.1, 0.15) is 0 Å². The van der Waals surface area contributed by atoms with Crippen molar-refractivity contribution < 1.29 is 4.79 Å². The molecule has 0 saturated carbocycles. The average Bonchev–Trinajstić information content (AvgIpc) is 2.80. The summed E-state index contributed by atoms with van der Waals surface area (Å²) in [6.45, 7) is 8.35. The second kappa shape index (κ2) is 7.78. The first kappa shape index (κ1) is 15.5. The zero-order valence-electron chi connectivity index (χ0n) is 12.3. The van der Waals surface area contributed by atoms with Crippen molar-refractivity contribution in [3.05, 3.63) is 0 Å². The van der Waals surface area contributed by atoms with E-state index < -0.39 is 0 Å². The molecule has 1 amide bonds. The largest absolute Gasteiger partial charge is 0.353 e. The number of carbonyl (C=O) groups is 1. The van der Waals surface area contributed by atoms with Gasteiger partial charge in [-0.3, -0.25) is 4.79 Å². The Morgan fingerprint density at radius 1 is 1.33 bits per heavy atom. The van der Waals surface area contributed by atoms with E-state index in [2.05, 4.69) is 31.4 Å². The Kier molecular flexibility index (Phi) is 6.69. The number of amides is 1. The highest BCUT2D eigenvalue weighted by Gasteiger charge is 2.40. The van der Waals surface area contributed by atoms with Crippen LogP contribution in [0.1, 0.15) is 65.7 Å². The van der Waals surface area contributed by atoms with Crippen LogP contribution in [0.2, 0.25) is 0 Å². The number of carbonyl (C=O) groups excluding carboxylic acids is 1. The summed E-state index contributed by atoms with van der Waals surface area (Å²) < 4.78 is 0. The Morgan fingerprint density at radius 3 is 2.67 bits per heavy atom. The summed E-state index contributed by atoms with van der Waals surface area (Å²) >= 11 is 0. The van der Waals surface area contributed by atoms with Gasteiger partial charge < -0.3 is 10.6 Å². The molecule has 0 aromatic carbocycles. The third kappa shape index (κ3) is 4.27. The first-order valence-electron chi connectivity index (χ1n) is 7.66. The van der Waals surface area contributed by atoms with Gasteiger partial charge in [-0.05, 0) is 32.7 Å². The van der Waals surface area contributed by atoms with Crippen molar-refractivity contribution in [3.63, 3.8) is 0 Å². The number of nitrogens with one attached hydrogen (secondary N) is 2. The van der Waals surface area contributed by atoms with Crippen LogP contribution in [0, 0.1) is 5.41 Å². The minimum Gasteiger partial charge on any atom is -0.353 e. The van der Waals surface area contributed by atoms with Gasteiger partial charge in [0.25, 0.3) is 0 Å². The van der Waals surface area contributed by atoms with Gasteiger partial charge in [0.15, 0.2) is 0 Å². The molecule has 3 heteroatoms. The zero-order chi connectivity index (χ0) is 13.4. The number of rotatable bonds is 8. The number of hydrogen-bond acceptors (Lipinski definition) is 2. The second-order valence-corrected chi connectivity index (χ2v) is 5.83. The number of unbranched alkanes of at least 4 members (excludes halogenated alkanes) is 2. The van der Waals surface area contributed by atoms with Crippen LogP contribution in [-0.4, -0.2) is 25.0 Å². The van der Waals surface area contributed by atoms with E-state index in [1.54, 1.807) is 0 Å². The fourth-order valence-electron chi connectivity index (χ4n) is 2.89. The normalized spacial score (nSPS) is 25.1. The summed E-state index contributed by atoms with van der Waals surface area (Å²) in [6.07, 6.45) is 7.92. The van der Waals surface area contributed by atoms with Crippen molar-refractivity contribution in [2.24, 2.45) is 5.41 Å². The summed E-state index contributed by atoms with van der Waals surface area (Å²) in [5.74, 6) is 0.276. The van der Waals surface area contributed by atoms with Crippen molar-refractivity contribution in [2.75, 3.05) is 13.1 Å². The lowest BCUT2D eigenvalue weighted by Crippen LogP contribution is -2.45. The van der Waals surface area contributed by atoms with Crippen LogP contribution in [0.15, 0.2) is 0 Å². The molecule has 1 rings (SSSR count). The molecular weight excluding hydrogens is 224 g/mol. The molecular formula is C15H30N2O. The van der Waals surface area contributed by atoms with E-state index >= 15 is 0 Å². The predicted octanol–water partition coefficient (Wildman–Crippen LogP) is 2.85. The molecule has 2 atom stereocenters. The van der Waals surface area contributed by atoms with Gasteiger partial charge in [0.05, 0.1) is 5.41 Å². The van der Waals surface area contributed by atoms with Gasteiger partial charge in [-0.1, -0.05) is 39.5 Å². The standard InChI is InChI=1S/C15H30N2O/c1-4-6-7-8-13(3)17-14(18)15(9-5-2)10-11-16-12-15/h13,16H,4-12H2,1-3H3,(H,17,18). The summed E-state index contributed by atoms with van der Waals surface area (Å²) in [5.41, 5.74) is -0.131. The van der Waals surface area contributed by atoms with Crippen molar-refractivity contribution in [3.8, 4) is 0 Å². The maximum Gasteiger partial charge on any atom is 0.227 e. The summed E-state index contributed by atoms with van der Waals surface area (Å²) in [4.78, 5) is 12.4.